The van der Waals surface area contributed by atoms with Crippen LogP contribution < -0.4 is 10.1 Å². The molecule has 0 unspecified atom stereocenters. The molecule has 0 aliphatic heterocycles. The summed E-state index contributed by atoms with van der Waals surface area (Å²) in [7, 11) is 1.59. The van der Waals surface area contributed by atoms with Gasteiger partial charge in [0, 0.05) is 17.7 Å². The van der Waals surface area contributed by atoms with Gasteiger partial charge >= 0.3 is 0 Å². The summed E-state index contributed by atoms with van der Waals surface area (Å²) >= 11 is 6.05. The van der Waals surface area contributed by atoms with E-state index < -0.39 is 0 Å². The van der Waals surface area contributed by atoms with Crippen molar-refractivity contribution in [2.75, 3.05) is 19.0 Å². The first-order valence-electron chi connectivity index (χ1n) is 6.96. The van der Waals surface area contributed by atoms with Crippen LogP contribution in [0.5, 0.6) is 5.75 Å². The molecular formula is C17H18ClNO3. The number of hydrogen-bond donors (Lipinski definition) is 1. The summed E-state index contributed by atoms with van der Waals surface area (Å²) in [6, 6.07) is 12.3. The summed E-state index contributed by atoms with van der Waals surface area (Å²) in [5.74, 6) is 0.469. The van der Waals surface area contributed by atoms with Crippen molar-refractivity contribution in [3.63, 3.8) is 0 Å². The molecule has 0 heterocycles. The van der Waals surface area contributed by atoms with E-state index in [0.29, 0.717) is 35.2 Å². The summed E-state index contributed by atoms with van der Waals surface area (Å²) < 4.78 is 10.7. The van der Waals surface area contributed by atoms with Gasteiger partial charge in [-0.1, -0.05) is 23.7 Å². The minimum absolute atomic E-state index is 0.228. The van der Waals surface area contributed by atoms with Gasteiger partial charge in [0.25, 0.3) is 5.91 Å². The monoisotopic (exact) mass is 319 g/mol. The van der Waals surface area contributed by atoms with Gasteiger partial charge in [0.2, 0.25) is 0 Å². The maximum Gasteiger partial charge on any atom is 0.255 e. The normalized spacial score (nSPS) is 10.3. The number of halogens is 1. The first-order valence-corrected chi connectivity index (χ1v) is 7.34. The molecule has 0 saturated carbocycles. The second-order valence-corrected chi connectivity index (χ2v) is 5.00. The summed E-state index contributed by atoms with van der Waals surface area (Å²) in [6.07, 6.45) is 0. The Balaban J connectivity index is 2.20. The highest BCUT2D eigenvalue weighted by molar-refractivity contribution is 6.33. The number of carbonyl (C=O) groups excluding carboxylic acids is 1. The van der Waals surface area contributed by atoms with E-state index in [4.69, 9.17) is 21.1 Å². The largest absolute Gasteiger partial charge is 0.496 e. The van der Waals surface area contributed by atoms with Crippen molar-refractivity contribution in [3.8, 4) is 5.75 Å². The lowest BCUT2D eigenvalue weighted by molar-refractivity contribution is 0.102. The molecule has 5 heteroatoms. The zero-order chi connectivity index (χ0) is 15.9. The van der Waals surface area contributed by atoms with Crippen LogP contribution in [0.4, 0.5) is 5.69 Å². The summed E-state index contributed by atoms with van der Waals surface area (Å²) in [6.45, 7) is 2.91. The van der Waals surface area contributed by atoms with E-state index in [0.717, 1.165) is 5.56 Å². The molecule has 1 N–H and O–H groups in total. The molecular weight excluding hydrogens is 302 g/mol. The molecule has 0 spiro atoms. The topological polar surface area (TPSA) is 47.6 Å². The van der Waals surface area contributed by atoms with E-state index in [1.54, 1.807) is 37.4 Å². The van der Waals surface area contributed by atoms with Gasteiger partial charge in [-0.25, -0.2) is 0 Å². The summed E-state index contributed by atoms with van der Waals surface area (Å²) in [5.41, 5.74) is 1.93. The van der Waals surface area contributed by atoms with Crippen molar-refractivity contribution >= 4 is 23.2 Å². The molecule has 0 radical (unpaired) electrons. The van der Waals surface area contributed by atoms with Crippen LogP contribution >= 0.6 is 11.6 Å². The maximum atomic E-state index is 12.3. The number of hydrogen-bond acceptors (Lipinski definition) is 3. The van der Waals surface area contributed by atoms with E-state index in [2.05, 4.69) is 5.32 Å². The quantitative estimate of drug-likeness (QED) is 0.870. The highest BCUT2D eigenvalue weighted by Crippen LogP contribution is 2.24. The van der Waals surface area contributed by atoms with Gasteiger partial charge in [-0.2, -0.15) is 0 Å². The van der Waals surface area contributed by atoms with E-state index in [1.807, 2.05) is 19.1 Å². The lowest BCUT2D eigenvalue weighted by atomic mass is 10.1. The smallest absolute Gasteiger partial charge is 0.255 e. The van der Waals surface area contributed by atoms with Gasteiger partial charge in [-0.05, 0) is 37.3 Å². The van der Waals surface area contributed by atoms with Crippen LogP contribution in [-0.4, -0.2) is 19.6 Å². The molecule has 2 aromatic carbocycles. The SMILES string of the molecule is CCOCc1cc(C(=O)Nc2ccccc2Cl)ccc1OC. The Bertz CT molecular complexity index is 658. The third kappa shape index (κ3) is 4.00. The van der Waals surface area contributed by atoms with Crippen LogP contribution in [0.3, 0.4) is 0 Å². The second-order valence-electron chi connectivity index (χ2n) is 4.60. The van der Waals surface area contributed by atoms with Gasteiger partial charge in [-0.3, -0.25) is 4.79 Å². The Labute approximate surface area is 135 Å². The minimum Gasteiger partial charge on any atom is -0.496 e. The molecule has 0 aliphatic rings. The van der Waals surface area contributed by atoms with Crippen molar-refractivity contribution in [1.82, 2.24) is 0 Å². The lowest BCUT2D eigenvalue weighted by Gasteiger charge is -2.11. The molecule has 0 aromatic heterocycles. The van der Waals surface area contributed by atoms with Crippen molar-refractivity contribution in [3.05, 3.63) is 58.6 Å². The molecule has 0 fully saturated rings. The molecule has 116 valence electrons. The van der Waals surface area contributed by atoms with Gasteiger partial charge in [-0.15, -0.1) is 0 Å². The summed E-state index contributed by atoms with van der Waals surface area (Å²) in [4.78, 5) is 12.3. The van der Waals surface area contributed by atoms with Crippen LogP contribution in [-0.2, 0) is 11.3 Å². The molecule has 0 atom stereocenters. The van der Waals surface area contributed by atoms with Crippen molar-refractivity contribution in [2.45, 2.75) is 13.5 Å². The highest BCUT2D eigenvalue weighted by Gasteiger charge is 2.12. The van der Waals surface area contributed by atoms with Crippen molar-refractivity contribution in [2.24, 2.45) is 0 Å². The molecule has 1 amide bonds. The number of methoxy groups -OCH3 is 1. The standard InChI is InChI=1S/C17H18ClNO3/c1-3-22-11-13-10-12(8-9-16(13)21-2)17(20)19-15-7-5-4-6-14(15)18/h4-10H,3,11H2,1-2H3,(H,19,20). The average Bonchev–Trinajstić information content (AvgIpc) is 2.54. The molecule has 2 aromatic rings. The molecule has 2 rings (SSSR count). The Morgan fingerprint density at radius 3 is 2.68 bits per heavy atom. The average molecular weight is 320 g/mol. The maximum absolute atomic E-state index is 12.3. The number of nitrogens with one attached hydrogen (secondary N) is 1. The predicted octanol–water partition coefficient (Wildman–Crippen LogP) is 4.14. The van der Waals surface area contributed by atoms with Gasteiger partial charge in [0.15, 0.2) is 0 Å². The van der Waals surface area contributed by atoms with Crippen LogP contribution in [0.1, 0.15) is 22.8 Å². The fourth-order valence-corrected chi connectivity index (χ4v) is 2.18. The molecule has 0 aliphatic carbocycles. The van der Waals surface area contributed by atoms with Crippen molar-refractivity contribution in [1.29, 1.82) is 0 Å². The number of benzene rings is 2. The second kappa shape index (κ2) is 7.82. The van der Waals surface area contributed by atoms with Crippen LogP contribution in [0.15, 0.2) is 42.5 Å². The number of carbonyl (C=O) groups is 1. The Kier molecular flexibility index (Phi) is 5.81. The van der Waals surface area contributed by atoms with Crippen LogP contribution in [0.25, 0.3) is 0 Å². The Morgan fingerprint density at radius 2 is 2.00 bits per heavy atom. The first-order chi connectivity index (χ1) is 10.7. The lowest BCUT2D eigenvalue weighted by Crippen LogP contribution is -2.13. The number of amides is 1. The molecule has 0 bridgehead atoms. The zero-order valence-electron chi connectivity index (χ0n) is 12.6. The predicted molar refractivity (Wildman–Crippen MR) is 87.7 cm³/mol. The van der Waals surface area contributed by atoms with Crippen LogP contribution in [0.2, 0.25) is 5.02 Å². The molecule has 0 saturated heterocycles. The van der Waals surface area contributed by atoms with Gasteiger partial charge < -0.3 is 14.8 Å². The number of para-hydroxylation sites is 1. The minimum atomic E-state index is -0.228. The van der Waals surface area contributed by atoms with E-state index in [9.17, 15) is 4.79 Å². The third-order valence-electron chi connectivity index (χ3n) is 3.13. The third-order valence-corrected chi connectivity index (χ3v) is 3.46. The fourth-order valence-electron chi connectivity index (χ4n) is 2.00. The Hall–Kier alpha value is -2.04. The molecule has 22 heavy (non-hydrogen) atoms. The zero-order valence-corrected chi connectivity index (χ0v) is 13.3. The van der Waals surface area contributed by atoms with E-state index in [1.165, 1.54) is 0 Å². The van der Waals surface area contributed by atoms with Gasteiger partial charge in [0.1, 0.15) is 5.75 Å². The van der Waals surface area contributed by atoms with E-state index >= 15 is 0 Å². The van der Waals surface area contributed by atoms with Crippen LogP contribution in [0, 0.1) is 0 Å². The Morgan fingerprint density at radius 1 is 1.23 bits per heavy atom. The number of rotatable bonds is 6. The van der Waals surface area contributed by atoms with E-state index in [-0.39, 0.29) is 5.91 Å². The highest BCUT2D eigenvalue weighted by atomic mass is 35.5. The number of ether oxygens (including phenoxy) is 2. The number of anilines is 1. The molecule has 4 nitrogen and oxygen atoms in total. The fraction of sp³-hybridized carbons (Fsp3) is 0.235. The van der Waals surface area contributed by atoms with Gasteiger partial charge in [0.05, 0.1) is 24.4 Å². The van der Waals surface area contributed by atoms with Crippen molar-refractivity contribution < 1.29 is 14.3 Å². The first kappa shape index (κ1) is 16.3. The summed E-state index contributed by atoms with van der Waals surface area (Å²) in [5, 5.41) is 3.29.